The zero-order valence-electron chi connectivity index (χ0n) is 8.54. The molecule has 1 aromatic carbocycles. The number of carbonyl (C=O) groups is 1. The maximum Gasteiger partial charge on any atom is 0.337 e. The van der Waals surface area contributed by atoms with Crippen molar-refractivity contribution in [2.45, 2.75) is 19.3 Å². The van der Waals surface area contributed by atoms with Gasteiger partial charge in [0.05, 0.1) is 5.69 Å². The molecule has 0 aliphatic rings. The number of aryl methyl sites for hydroxylation is 2. The van der Waals surface area contributed by atoms with Crippen LogP contribution in [0.15, 0.2) is 18.2 Å². The molecule has 1 aromatic rings. The second kappa shape index (κ2) is 5.00. The molecule has 0 heterocycles. The van der Waals surface area contributed by atoms with E-state index in [-0.39, 0.29) is 0 Å². The Morgan fingerprint density at radius 3 is 2.67 bits per heavy atom. The number of rotatable bonds is 4. The predicted molar refractivity (Wildman–Crippen MR) is 60.0 cm³/mol. The molecule has 1 atom stereocenters. The van der Waals surface area contributed by atoms with Crippen molar-refractivity contribution in [1.29, 1.82) is 0 Å². The molecule has 0 fully saturated rings. The highest BCUT2D eigenvalue weighted by Crippen LogP contribution is 2.15. The van der Waals surface area contributed by atoms with Gasteiger partial charge in [-0.2, -0.15) is 0 Å². The summed E-state index contributed by atoms with van der Waals surface area (Å²) in [5.41, 5.74) is 7.07. The first-order chi connectivity index (χ1) is 7.00. The zero-order chi connectivity index (χ0) is 11.4. The molecule has 1 unspecified atom stereocenters. The number of halogens is 1. The van der Waals surface area contributed by atoms with Gasteiger partial charge in [-0.15, -0.1) is 0 Å². The Bertz CT molecular complexity index is 368. The molecule has 0 radical (unpaired) electrons. The maximum absolute atomic E-state index is 10.4. The van der Waals surface area contributed by atoms with E-state index < -0.39 is 11.5 Å². The van der Waals surface area contributed by atoms with Gasteiger partial charge in [0.2, 0.25) is 0 Å². The summed E-state index contributed by atoms with van der Waals surface area (Å²) in [7, 11) is 0. The molecule has 0 aliphatic heterocycles. The standard InChI is InChI=1S/C10H13ClN2O2/c1-6-3-4-8(7(2)5-6)12-13-9(11)10(14)15/h3-5,9,12-13H,1-2H3,(H,14,15). The van der Waals surface area contributed by atoms with E-state index >= 15 is 0 Å². The lowest BCUT2D eigenvalue weighted by Gasteiger charge is -2.12. The van der Waals surface area contributed by atoms with Crippen LogP contribution in [0.2, 0.25) is 0 Å². The van der Waals surface area contributed by atoms with Crippen molar-refractivity contribution in [3.05, 3.63) is 29.3 Å². The van der Waals surface area contributed by atoms with Gasteiger partial charge in [0.1, 0.15) is 0 Å². The fraction of sp³-hybridized carbons (Fsp3) is 0.300. The number of anilines is 1. The Balaban J connectivity index is 2.62. The fourth-order valence-electron chi connectivity index (χ4n) is 1.16. The Kier molecular flexibility index (Phi) is 3.94. The predicted octanol–water partition coefficient (Wildman–Crippen LogP) is 1.87. The first kappa shape index (κ1) is 11.8. The van der Waals surface area contributed by atoms with Crippen LogP contribution in [-0.4, -0.2) is 16.6 Å². The molecule has 0 spiro atoms. The summed E-state index contributed by atoms with van der Waals surface area (Å²) >= 11 is 5.48. The number of hydrogen-bond donors (Lipinski definition) is 3. The summed E-state index contributed by atoms with van der Waals surface area (Å²) < 4.78 is 0. The quantitative estimate of drug-likeness (QED) is 0.418. The summed E-state index contributed by atoms with van der Waals surface area (Å²) in [6, 6.07) is 5.79. The number of aliphatic carboxylic acids is 1. The lowest BCUT2D eigenvalue weighted by molar-refractivity contribution is -0.137. The number of hydrazine groups is 1. The van der Waals surface area contributed by atoms with E-state index in [0.29, 0.717) is 0 Å². The summed E-state index contributed by atoms with van der Waals surface area (Å²) in [6.45, 7) is 3.92. The van der Waals surface area contributed by atoms with Crippen molar-refractivity contribution >= 4 is 23.3 Å². The number of carboxylic acids is 1. The van der Waals surface area contributed by atoms with Crippen molar-refractivity contribution < 1.29 is 9.90 Å². The molecule has 0 saturated carbocycles. The Morgan fingerprint density at radius 1 is 1.47 bits per heavy atom. The van der Waals surface area contributed by atoms with Crippen LogP contribution in [0, 0.1) is 13.8 Å². The van der Waals surface area contributed by atoms with Crippen molar-refractivity contribution in [1.82, 2.24) is 5.43 Å². The van der Waals surface area contributed by atoms with Crippen LogP contribution in [0.1, 0.15) is 11.1 Å². The van der Waals surface area contributed by atoms with Crippen LogP contribution in [0.5, 0.6) is 0 Å². The van der Waals surface area contributed by atoms with E-state index in [1.54, 1.807) is 0 Å². The maximum atomic E-state index is 10.4. The van der Waals surface area contributed by atoms with Crippen LogP contribution in [0.3, 0.4) is 0 Å². The zero-order valence-corrected chi connectivity index (χ0v) is 9.30. The Hall–Kier alpha value is -1.26. The Labute approximate surface area is 93.2 Å². The minimum absolute atomic E-state index is 0.813. The molecule has 1 rings (SSSR count). The van der Waals surface area contributed by atoms with E-state index in [4.69, 9.17) is 16.7 Å². The number of benzene rings is 1. The van der Waals surface area contributed by atoms with Gasteiger partial charge in [0.25, 0.3) is 0 Å². The second-order valence-corrected chi connectivity index (χ2v) is 3.72. The van der Waals surface area contributed by atoms with Crippen molar-refractivity contribution in [3.8, 4) is 0 Å². The molecule has 0 aliphatic carbocycles. The summed E-state index contributed by atoms with van der Waals surface area (Å²) in [5, 5.41) is 8.54. The lowest BCUT2D eigenvalue weighted by Crippen LogP contribution is -2.36. The molecule has 0 bridgehead atoms. The van der Waals surface area contributed by atoms with E-state index in [0.717, 1.165) is 16.8 Å². The van der Waals surface area contributed by atoms with Gasteiger partial charge in [-0.3, -0.25) is 0 Å². The van der Waals surface area contributed by atoms with E-state index in [2.05, 4.69) is 10.9 Å². The van der Waals surface area contributed by atoms with Crippen LogP contribution in [0.4, 0.5) is 5.69 Å². The topological polar surface area (TPSA) is 61.4 Å². The first-order valence-corrected chi connectivity index (χ1v) is 4.90. The minimum Gasteiger partial charge on any atom is -0.479 e. The van der Waals surface area contributed by atoms with Crippen LogP contribution < -0.4 is 10.9 Å². The van der Waals surface area contributed by atoms with Gasteiger partial charge < -0.3 is 10.5 Å². The monoisotopic (exact) mass is 228 g/mol. The third-order valence-electron chi connectivity index (χ3n) is 1.93. The average molecular weight is 229 g/mol. The summed E-state index contributed by atoms with van der Waals surface area (Å²) in [6.07, 6.45) is 0. The molecule has 0 saturated heterocycles. The van der Waals surface area contributed by atoms with E-state index in [1.807, 2.05) is 32.0 Å². The SMILES string of the molecule is Cc1ccc(NNC(Cl)C(=O)O)c(C)c1. The number of nitrogens with one attached hydrogen (secondary N) is 2. The third kappa shape index (κ3) is 3.42. The molecule has 5 heteroatoms. The van der Waals surface area contributed by atoms with E-state index in [1.165, 1.54) is 0 Å². The highest BCUT2D eigenvalue weighted by Gasteiger charge is 2.11. The first-order valence-electron chi connectivity index (χ1n) is 4.46. The van der Waals surface area contributed by atoms with Crippen LogP contribution in [-0.2, 0) is 4.79 Å². The normalized spacial score (nSPS) is 12.2. The van der Waals surface area contributed by atoms with Crippen LogP contribution in [0.25, 0.3) is 0 Å². The minimum atomic E-state index is -1.15. The highest BCUT2D eigenvalue weighted by atomic mass is 35.5. The second-order valence-electron chi connectivity index (χ2n) is 3.29. The lowest BCUT2D eigenvalue weighted by atomic mass is 10.1. The van der Waals surface area contributed by atoms with Gasteiger partial charge in [-0.25, -0.2) is 10.2 Å². The van der Waals surface area contributed by atoms with Crippen LogP contribution >= 0.6 is 11.6 Å². The van der Waals surface area contributed by atoms with Crippen molar-refractivity contribution in [2.24, 2.45) is 0 Å². The average Bonchev–Trinajstić information content (AvgIpc) is 2.15. The third-order valence-corrected chi connectivity index (χ3v) is 2.23. The van der Waals surface area contributed by atoms with Gasteiger partial charge in [-0.05, 0) is 25.5 Å². The van der Waals surface area contributed by atoms with Gasteiger partial charge in [-0.1, -0.05) is 29.3 Å². The molecule has 0 amide bonds. The number of alkyl halides is 1. The number of carboxylic acid groups (broad SMARTS) is 1. The fourth-order valence-corrected chi connectivity index (χ4v) is 1.21. The molecule has 4 nitrogen and oxygen atoms in total. The van der Waals surface area contributed by atoms with Gasteiger partial charge >= 0.3 is 5.97 Å². The highest BCUT2D eigenvalue weighted by molar-refractivity contribution is 6.29. The van der Waals surface area contributed by atoms with Gasteiger partial charge in [0, 0.05) is 0 Å². The Morgan fingerprint density at radius 2 is 2.13 bits per heavy atom. The van der Waals surface area contributed by atoms with Crippen molar-refractivity contribution in [2.75, 3.05) is 5.43 Å². The molecule has 3 N–H and O–H groups in total. The summed E-state index contributed by atoms with van der Waals surface area (Å²) in [4.78, 5) is 10.4. The largest absolute Gasteiger partial charge is 0.479 e. The molecule has 15 heavy (non-hydrogen) atoms. The smallest absolute Gasteiger partial charge is 0.337 e. The van der Waals surface area contributed by atoms with E-state index in [9.17, 15) is 4.79 Å². The van der Waals surface area contributed by atoms with Gasteiger partial charge in [0.15, 0.2) is 5.50 Å². The molecular weight excluding hydrogens is 216 g/mol. The number of hydrogen-bond acceptors (Lipinski definition) is 3. The molecular formula is C10H13ClN2O2. The van der Waals surface area contributed by atoms with Crippen molar-refractivity contribution in [3.63, 3.8) is 0 Å². The summed E-state index contributed by atoms with van der Waals surface area (Å²) in [5.74, 6) is -1.12. The molecule has 0 aromatic heterocycles. The molecule has 82 valence electrons.